The largest absolute Gasteiger partial charge is 0.484 e. The Morgan fingerprint density at radius 2 is 1.71 bits per heavy atom. The van der Waals surface area contributed by atoms with E-state index in [1.165, 1.54) is 5.56 Å². The van der Waals surface area contributed by atoms with Gasteiger partial charge in [-0.3, -0.25) is 9.79 Å². The van der Waals surface area contributed by atoms with Crippen LogP contribution in [0.5, 0.6) is 5.75 Å². The maximum atomic E-state index is 12.0. The predicted molar refractivity (Wildman–Crippen MR) is 115 cm³/mol. The van der Waals surface area contributed by atoms with E-state index in [2.05, 4.69) is 35.4 Å². The lowest BCUT2D eigenvalue weighted by atomic mass is 10.1. The minimum absolute atomic E-state index is 0.0378. The number of nitrogens with one attached hydrogen (secondary N) is 1. The third-order valence-electron chi connectivity index (χ3n) is 4.27. The first-order valence-electron chi connectivity index (χ1n) is 9.20. The van der Waals surface area contributed by atoms with Crippen molar-refractivity contribution in [2.45, 2.75) is 20.8 Å². The van der Waals surface area contributed by atoms with Crippen LogP contribution in [0.25, 0.3) is 0 Å². The molecule has 0 aliphatic rings. The number of aryl methyl sites for hydroxylation is 3. The minimum Gasteiger partial charge on any atom is -0.484 e. The summed E-state index contributed by atoms with van der Waals surface area (Å²) < 4.78 is 5.57. The van der Waals surface area contributed by atoms with Crippen molar-refractivity contribution in [1.82, 2.24) is 0 Å². The van der Waals surface area contributed by atoms with Crippen molar-refractivity contribution in [3.63, 3.8) is 0 Å². The van der Waals surface area contributed by atoms with Gasteiger partial charge in [-0.05, 0) is 85.5 Å². The van der Waals surface area contributed by atoms with Crippen molar-refractivity contribution in [3.8, 4) is 5.75 Å². The SMILES string of the molecule is Cc1cccc(NC(=O)COc2ccc(C=Nc3cc(C)ccc3C)cc2)c1. The van der Waals surface area contributed by atoms with Crippen molar-refractivity contribution < 1.29 is 9.53 Å². The summed E-state index contributed by atoms with van der Waals surface area (Å²) in [6, 6.07) is 21.4. The Bertz CT molecular complexity index is 992. The van der Waals surface area contributed by atoms with E-state index in [1.54, 1.807) is 0 Å². The normalized spacial score (nSPS) is 10.8. The standard InChI is InChI=1S/C24H24N2O2/c1-17-5-4-6-21(13-17)26-24(27)16-28-22-11-9-20(10-12-22)15-25-23-14-18(2)7-8-19(23)3/h4-15H,16H2,1-3H3,(H,26,27). The predicted octanol–water partition coefficient (Wildman–Crippen LogP) is 5.38. The second-order valence-corrected chi connectivity index (χ2v) is 6.82. The number of carbonyl (C=O) groups is 1. The smallest absolute Gasteiger partial charge is 0.262 e. The zero-order valence-corrected chi connectivity index (χ0v) is 16.4. The van der Waals surface area contributed by atoms with Gasteiger partial charge in [0, 0.05) is 11.9 Å². The molecule has 0 aliphatic carbocycles. The number of amides is 1. The van der Waals surface area contributed by atoms with Gasteiger partial charge >= 0.3 is 0 Å². The van der Waals surface area contributed by atoms with Crippen molar-refractivity contribution in [3.05, 3.63) is 89.0 Å². The van der Waals surface area contributed by atoms with Gasteiger partial charge in [0.05, 0.1) is 5.69 Å². The number of ether oxygens (including phenoxy) is 1. The minimum atomic E-state index is -0.189. The van der Waals surface area contributed by atoms with Crippen LogP contribution in [0.3, 0.4) is 0 Å². The first-order chi connectivity index (χ1) is 13.5. The number of carbonyl (C=O) groups excluding carboxylic acids is 1. The van der Waals surface area contributed by atoms with E-state index in [0.29, 0.717) is 5.75 Å². The Kier molecular flexibility index (Phi) is 6.22. The van der Waals surface area contributed by atoms with Gasteiger partial charge in [-0.2, -0.15) is 0 Å². The van der Waals surface area contributed by atoms with Gasteiger partial charge < -0.3 is 10.1 Å². The number of hydrogen-bond acceptors (Lipinski definition) is 3. The molecule has 0 saturated heterocycles. The summed E-state index contributed by atoms with van der Waals surface area (Å²) in [5, 5.41) is 2.83. The Hall–Kier alpha value is -3.40. The first-order valence-corrected chi connectivity index (χ1v) is 9.20. The van der Waals surface area contributed by atoms with Crippen LogP contribution >= 0.6 is 0 Å². The number of rotatable bonds is 6. The summed E-state index contributed by atoms with van der Waals surface area (Å²) in [6.07, 6.45) is 1.83. The molecule has 0 heterocycles. The van der Waals surface area contributed by atoms with E-state index in [0.717, 1.165) is 28.1 Å². The lowest BCUT2D eigenvalue weighted by molar-refractivity contribution is -0.118. The van der Waals surface area contributed by atoms with Crippen LogP contribution in [0.4, 0.5) is 11.4 Å². The molecule has 3 aromatic carbocycles. The third kappa shape index (κ3) is 5.55. The van der Waals surface area contributed by atoms with E-state index >= 15 is 0 Å². The van der Waals surface area contributed by atoms with Crippen LogP contribution in [-0.2, 0) is 4.79 Å². The summed E-state index contributed by atoms with van der Waals surface area (Å²) >= 11 is 0. The molecule has 0 aliphatic heterocycles. The van der Waals surface area contributed by atoms with Crippen molar-refractivity contribution in [2.75, 3.05) is 11.9 Å². The third-order valence-corrected chi connectivity index (χ3v) is 4.27. The van der Waals surface area contributed by atoms with Crippen LogP contribution in [0.1, 0.15) is 22.3 Å². The molecule has 142 valence electrons. The van der Waals surface area contributed by atoms with Crippen LogP contribution < -0.4 is 10.1 Å². The van der Waals surface area contributed by atoms with E-state index in [-0.39, 0.29) is 12.5 Å². The molecule has 0 unspecified atom stereocenters. The molecule has 0 spiro atoms. The molecule has 1 amide bonds. The molecule has 0 bridgehead atoms. The lowest BCUT2D eigenvalue weighted by Gasteiger charge is -2.08. The molecule has 3 aromatic rings. The number of hydrogen-bond donors (Lipinski definition) is 1. The van der Waals surface area contributed by atoms with Gasteiger partial charge in [-0.1, -0.05) is 24.3 Å². The van der Waals surface area contributed by atoms with Gasteiger partial charge in [-0.25, -0.2) is 0 Å². The quantitative estimate of drug-likeness (QED) is 0.591. The number of benzene rings is 3. The Morgan fingerprint density at radius 3 is 2.46 bits per heavy atom. The fourth-order valence-corrected chi connectivity index (χ4v) is 2.72. The van der Waals surface area contributed by atoms with E-state index in [1.807, 2.05) is 68.6 Å². The van der Waals surface area contributed by atoms with Crippen LogP contribution in [0.2, 0.25) is 0 Å². The highest BCUT2D eigenvalue weighted by atomic mass is 16.5. The highest BCUT2D eigenvalue weighted by Crippen LogP contribution is 2.20. The molecule has 4 heteroatoms. The maximum Gasteiger partial charge on any atom is 0.262 e. The van der Waals surface area contributed by atoms with Crippen LogP contribution in [0, 0.1) is 20.8 Å². The summed E-state index contributed by atoms with van der Waals surface area (Å²) in [7, 11) is 0. The highest BCUT2D eigenvalue weighted by Gasteiger charge is 2.04. The Labute approximate surface area is 165 Å². The van der Waals surface area contributed by atoms with Gasteiger partial charge in [0.15, 0.2) is 6.61 Å². The van der Waals surface area contributed by atoms with Crippen molar-refractivity contribution >= 4 is 23.5 Å². The van der Waals surface area contributed by atoms with Crippen molar-refractivity contribution in [2.24, 2.45) is 4.99 Å². The monoisotopic (exact) mass is 372 g/mol. The lowest BCUT2D eigenvalue weighted by Crippen LogP contribution is -2.20. The topological polar surface area (TPSA) is 50.7 Å². The molecule has 0 fully saturated rings. The molecule has 3 rings (SSSR count). The molecule has 1 N–H and O–H groups in total. The van der Waals surface area contributed by atoms with E-state index in [9.17, 15) is 4.79 Å². The second kappa shape index (κ2) is 9.00. The molecule has 0 radical (unpaired) electrons. The van der Waals surface area contributed by atoms with Gasteiger partial charge in [-0.15, -0.1) is 0 Å². The average molecular weight is 372 g/mol. The highest BCUT2D eigenvalue weighted by molar-refractivity contribution is 5.92. The average Bonchev–Trinajstić information content (AvgIpc) is 2.68. The molecule has 0 atom stereocenters. The molecular formula is C24H24N2O2. The molecule has 0 aromatic heterocycles. The fraction of sp³-hybridized carbons (Fsp3) is 0.167. The fourth-order valence-electron chi connectivity index (χ4n) is 2.72. The van der Waals surface area contributed by atoms with Gasteiger partial charge in [0.1, 0.15) is 5.75 Å². The van der Waals surface area contributed by atoms with Crippen LogP contribution in [0.15, 0.2) is 71.7 Å². The summed E-state index contributed by atoms with van der Waals surface area (Å²) in [6.45, 7) is 6.05. The Balaban J connectivity index is 1.55. The van der Waals surface area contributed by atoms with Crippen molar-refractivity contribution in [1.29, 1.82) is 0 Å². The maximum absolute atomic E-state index is 12.0. The number of nitrogens with zero attached hydrogens (tertiary/aromatic N) is 1. The molecular weight excluding hydrogens is 348 g/mol. The first kappa shape index (κ1) is 19.4. The van der Waals surface area contributed by atoms with E-state index < -0.39 is 0 Å². The molecule has 28 heavy (non-hydrogen) atoms. The second-order valence-electron chi connectivity index (χ2n) is 6.82. The zero-order chi connectivity index (χ0) is 19.9. The van der Waals surface area contributed by atoms with Crippen LogP contribution in [-0.4, -0.2) is 18.7 Å². The van der Waals surface area contributed by atoms with Gasteiger partial charge in [0.25, 0.3) is 5.91 Å². The Morgan fingerprint density at radius 1 is 0.964 bits per heavy atom. The molecule has 4 nitrogen and oxygen atoms in total. The summed E-state index contributed by atoms with van der Waals surface area (Å²) in [5.41, 5.74) is 6.13. The number of anilines is 1. The molecule has 0 saturated carbocycles. The van der Waals surface area contributed by atoms with E-state index in [4.69, 9.17) is 4.74 Å². The zero-order valence-electron chi connectivity index (χ0n) is 16.4. The summed E-state index contributed by atoms with van der Waals surface area (Å²) in [4.78, 5) is 16.6. The number of aliphatic imine (C=N–C) groups is 1. The summed E-state index contributed by atoms with van der Waals surface area (Å²) in [5.74, 6) is 0.453. The van der Waals surface area contributed by atoms with Gasteiger partial charge in [0.2, 0.25) is 0 Å².